The number of rotatable bonds is 8. The highest BCUT2D eigenvalue weighted by Crippen LogP contribution is 2.40. The number of nitrogens with one attached hydrogen (secondary N) is 2. The predicted molar refractivity (Wildman–Crippen MR) is 154 cm³/mol. The minimum absolute atomic E-state index is 0.0570. The van der Waals surface area contributed by atoms with Gasteiger partial charge in [0, 0.05) is 41.9 Å². The molecule has 2 aromatic heterocycles. The topological polar surface area (TPSA) is 71.4 Å². The summed E-state index contributed by atoms with van der Waals surface area (Å²) in [5.41, 5.74) is 6.02. The van der Waals surface area contributed by atoms with Crippen LogP contribution in [0.3, 0.4) is 0 Å². The zero-order chi connectivity index (χ0) is 26.6. The third kappa shape index (κ3) is 5.26. The molecule has 1 amide bonds. The normalized spacial score (nSPS) is 16.8. The maximum Gasteiger partial charge on any atom is 0.226 e. The molecule has 38 heavy (non-hydrogen) atoms. The number of nitrogens with zero attached hydrogens (tertiary/aromatic N) is 3. The van der Waals surface area contributed by atoms with Crippen molar-refractivity contribution in [3.05, 3.63) is 108 Å². The van der Waals surface area contributed by atoms with Crippen LogP contribution in [0, 0.1) is 13.8 Å². The van der Waals surface area contributed by atoms with Gasteiger partial charge in [-0.15, -0.1) is 0 Å². The van der Waals surface area contributed by atoms with Gasteiger partial charge in [-0.2, -0.15) is 0 Å². The molecule has 2 N–H and O–H groups in total. The number of pyridine rings is 1. The van der Waals surface area contributed by atoms with Crippen LogP contribution in [0.15, 0.2) is 85.1 Å². The monoisotopic (exact) mass is 525 g/mol. The van der Waals surface area contributed by atoms with Crippen LogP contribution in [0.25, 0.3) is 5.69 Å². The summed E-state index contributed by atoms with van der Waals surface area (Å²) in [6.45, 7) is 4.57. The molecule has 7 nitrogen and oxygen atoms in total. The Balaban J connectivity index is 1.46. The fraction of sp³-hybridized carbons (Fsp3) is 0.233. The van der Waals surface area contributed by atoms with E-state index in [1.54, 1.807) is 13.3 Å². The van der Waals surface area contributed by atoms with E-state index in [4.69, 9.17) is 17.0 Å². The van der Waals surface area contributed by atoms with E-state index in [1.807, 2.05) is 73.7 Å². The van der Waals surface area contributed by atoms with Crippen molar-refractivity contribution in [3.63, 3.8) is 0 Å². The molecule has 2 atom stereocenters. The van der Waals surface area contributed by atoms with Crippen LogP contribution >= 0.6 is 12.2 Å². The molecule has 0 saturated carbocycles. The molecule has 0 radical (unpaired) electrons. The second-order valence-corrected chi connectivity index (χ2v) is 9.80. The first-order valence-corrected chi connectivity index (χ1v) is 13.0. The molecule has 194 valence electrons. The summed E-state index contributed by atoms with van der Waals surface area (Å²) in [4.78, 5) is 19.6. The van der Waals surface area contributed by atoms with E-state index in [0.29, 0.717) is 18.1 Å². The predicted octanol–water partition coefficient (Wildman–Crippen LogP) is 5.50. The van der Waals surface area contributed by atoms with Gasteiger partial charge < -0.3 is 24.8 Å². The molecule has 8 heteroatoms. The second kappa shape index (κ2) is 11.1. The van der Waals surface area contributed by atoms with Gasteiger partial charge in [-0.3, -0.25) is 9.78 Å². The lowest BCUT2D eigenvalue weighted by molar-refractivity contribution is -0.116. The van der Waals surface area contributed by atoms with Crippen LogP contribution in [0.1, 0.15) is 41.1 Å². The number of methoxy groups -OCH3 is 1. The van der Waals surface area contributed by atoms with Crippen molar-refractivity contribution in [2.45, 2.75) is 32.4 Å². The molecule has 1 aliphatic rings. The summed E-state index contributed by atoms with van der Waals surface area (Å²) < 4.78 is 7.60. The lowest BCUT2D eigenvalue weighted by atomic mass is 10.0. The van der Waals surface area contributed by atoms with Gasteiger partial charge in [-0.25, -0.2) is 0 Å². The largest absolute Gasteiger partial charge is 0.497 e. The maximum absolute atomic E-state index is 12.9. The second-order valence-electron chi connectivity index (χ2n) is 9.42. The number of aryl methyl sites for hydroxylation is 2. The molecule has 0 unspecified atom stereocenters. The van der Waals surface area contributed by atoms with Crippen LogP contribution < -0.4 is 15.4 Å². The Morgan fingerprint density at radius 1 is 1.03 bits per heavy atom. The smallest absolute Gasteiger partial charge is 0.226 e. The van der Waals surface area contributed by atoms with E-state index in [-0.39, 0.29) is 18.0 Å². The number of hydrogen-bond donors (Lipinski definition) is 2. The number of anilines is 1. The molecule has 5 rings (SSSR count). The van der Waals surface area contributed by atoms with Gasteiger partial charge >= 0.3 is 0 Å². The van der Waals surface area contributed by atoms with Crippen LogP contribution in [-0.4, -0.2) is 39.1 Å². The minimum Gasteiger partial charge on any atom is -0.497 e. The van der Waals surface area contributed by atoms with Crippen molar-refractivity contribution in [3.8, 4) is 11.4 Å². The lowest BCUT2D eigenvalue weighted by Crippen LogP contribution is -2.33. The fourth-order valence-corrected chi connectivity index (χ4v) is 5.26. The first-order valence-electron chi connectivity index (χ1n) is 12.6. The van der Waals surface area contributed by atoms with Gasteiger partial charge in [0.2, 0.25) is 5.91 Å². The Hall–Kier alpha value is -4.17. The summed E-state index contributed by atoms with van der Waals surface area (Å²) in [5, 5.41) is 7.09. The van der Waals surface area contributed by atoms with Crippen molar-refractivity contribution >= 4 is 28.9 Å². The minimum atomic E-state index is -0.171. The van der Waals surface area contributed by atoms with Crippen molar-refractivity contribution in [1.29, 1.82) is 0 Å². The Labute approximate surface area is 228 Å². The Bertz CT molecular complexity index is 1420. The van der Waals surface area contributed by atoms with Crippen LogP contribution in [-0.2, 0) is 4.79 Å². The summed E-state index contributed by atoms with van der Waals surface area (Å²) in [6.07, 6.45) is 2.09. The number of benzene rings is 2. The molecular formula is C30H31N5O2S. The van der Waals surface area contributed by atoms with Crippen molar-refractivity contribution < 1.29 is 9.53 Å². The standard InChI is InChI=1S/C30H31N5O2S/c1-20-7-10-22(11-8-20)32-27(36)17-19-34-29(28(33-30(34)38)25-6-4-5-18-31-25)26-16-9-21(2)35(26)23-12-14-24(37-3)15-13-23/h4-16,18,28-29H,17,19H2,1-3H3,(H,32,36)(H,33,38)/t28-,29-/m0/s1. The number of carbonyl (C=O) groups is 1. The zero-order valence-corrected chi connectivity index (χ0v) is 22.5. The third-order valence-corrected chi connectivity index (χ3v) is 7.21. The molecule has 1 aliphatic heterocycles. The fourth-order valence-electron chi connectivity index (χ4n) is 4.92. The van der Waals surface area contributed by atoms with Crippen LogP contribution in [0.2, 0.25) is 0 Å². The van der Waals surface area contributed by atoms with Gasteiger partial charge in [0.15, 0.2) is 5.11 Å². The molecule has 4 aromatic rings. The quantitative estimate of drug-likeness (QED) is 0.296. The zero-order valence-electron chi connectivity index (χ0n) is 21.7. The van der Waals surface area contributed by atoms with E-state index in [0.717, 1.165) is 39.8 Å². The van der Waals surface area contributed by atoms with E-state index in [9.17, 15) is 4.79 Å². The van der Waals surface area contributed by atoms with Gasteiger partial charge in [-0.1, -0.05) is 23.8 Å². The van der Waals surface area contributed by atoms with Gasteiger partial charge in [0.05, 0.1) is 24.9 Å². The van der Waals surface area contributed by atoms with E-state index >= 15 is 0 Å². The molecule has 0 spiro atoms. The average Bonchev–Trinajstić information content (AvgIpc) is 3.48. The molecule has 0 aliphatic carbocycles. The van der Waals surface area contributed by atoms with Crippen LogP contribution in [0.5, 0.6) is 5.75 Å². The number of amides is 1. The molecule has 3 heterocycles. The van der Waals surface area contributed by atoms with Gasteiger partial charge in [0.25, 0.3) is 0 Å². The number of hydrogen-bond acceptors (Lipinski definition) is 4. The van der Waals surface area contributed by atoms with Crippen LogP contribution in [0.4, 0.5) is 5.69 Å². The molecule has 0 bridgehead atoms. The molecule has 1 fully saturated rings. The summed E-state index contributed by atoms with van der Waals surface area (Å²) >= 11 is 5.82. The first kappa shape index (κ1) is 25.5. The maximum atomic E-state index is 12.9. The highest BCUT2D eigenvalue weighted by Gasteiger charge is 2.41. The molecule has 2 aromatic carbocycles. The Kier molecular flexibility index (Phi) is 7.42. The SMILES string of the molecule is COc1ccc(-n2c(C)ccc2[C@H]2[C@H](c3ccccn3)NC(=S)N2CCC(=O)Nc2ccc(C)cc2)cc1. The summed E-state index contributed by atoms with van der Waals surface area (Å²) in [6, 6.07) is 25.6. The summed E-state index contributed by atoms with van der Waals surface area (Å²) in [7, 11) is 1.66. The summed E-state index contributed by atoms with van der Waals surface area (Å²) in [5.74, 6) is 0.745. The van der Waals surface area contributed by atoms with Crippen molar-refractivity contribution in [1.82, 2.24) is 19.8 Å². The van der Waals surface area contributed by atoms with E-state index in [2.05, 4.69) is 44.1 Å². The number of thiocarbonyl (C=S) groups is 1. The van der Waals surface area contributed by atoms with Gasteiger partial charge in [-0.05, 0) is 86.7 Å². The van der Waals surface area contributed by atoms with E-state index < -0.39 is 0 Å². The Morgan fingerprint density at radius 2 is 1.79 bits per heavy atom. The molecule has 1 saturated heterocycles. The lowest BCUT2D eigenvalue weighted by Gasteiger charge is -2.29. The third-order valence-electron chi connectivity index (χ3n) is 6.85. The highest BCUT2D eigenvalue weighted by molar-refractivity contribution is 7.80. The van der Waals surface area contributed by atoms with Gasteiger partial charge in [0.1, 0.15) is 5.75 Å². The molecular weight excluding hydrogens is 494 g/mol. The number of carbonyl (C=O) groups excluding carboxylic acids is 1. The first-order chi connectivity index (χ1) is 18.4. The van der Waals surface area contributed by atoms with Crippen molar-refractivity contribution in [2.24, 2.45) is 0 Å². The number of ether oxygens (including phenoxy) is 1. The highest BCUT2D eigenvalue weighted by atomic mass is 32.1. The Morgan fingerprint density at radius 3 is 2.47 bits per heavy atom. The average molecular weight is 526 g/mol. The number of aromatic nitrogens is 2. The van der Waals surface area contributed by atoms with E-state index in [1.165, 1.54) is 0 Å². The van der Waals surface area contributed by atoms with Crippen molar-refractivity contribution in [2.75, 3.05) is 19.0 Å².